The Hall–Kier alpha value is -1.10. The van der Waals surface area contributed by atoms with Crippen LogP contribution in [0.25, 0.3) is 11.3 Å². The number of rotatable bonds is 5. The van der Waals surface area contributed by atoms with E-state index in [1.807, 2.05) is 16.8 Å². The average molecular weight is 299 g/mol. The van der Waals surface area contributed by atoms with E-state index in [0.29, 0.717) is 16.6 Å². The summed E-state index contributed by atoms with van der Waals surface area (Å²) in [6.45, 7) is 3.31. The molecule has 0 fully saturated rings. The molecule has 0 atom stereocenters. The average Bonchev–Trinajstić information content (AvgIpc) is 2.82. The number of nitrogens with zero attached hydrogens (tertiary/aromatic N) is 3. The lowest BCUT2D eigenvalue weighted by Gasteiger charge is -2.08. The molecule has 19 heavy (non-hydrogen) atoms. The Morgan fingerprint density at radius 1 is 1.26 bits per heavy atom. The first-order valence-corrected chi connectivity index (χ1v) is 7.00. The van der Waals surface area contributed by atoms with Crippen LogP contribution in [-0.2, 0) is 13.1 Å². The number of aryl methyl sites for hydroxylation is 1. The van der Waals surface area contributed by atoms with Crippen LogP contribution in [0.5, 0.6) is 0 Å². The SMILES string of the molecule is CCCCn1nnc(CN)c1-c1ccc(Cl)c(Cl)c1. The minimum Gasteiger partial charge on any atom is -0.325 e. The lowest BCUT2D eigenvalue weighted by atomic mass is 10.1. The highest BCUT2D eigenvalue weighted by Gasteiger charge is 2.14. The lowest BCUT2D eigenvalue weighted by molar-refractivity contribution is 0.557. The van der Waals surface area contributed by atoms with Crippen molar-refractivity contribution in [3.8, 4) is 11.3 Å². The van der Waals surface area contributed by atoms with Crippen molar-refractivity contribution >= 4 is 23.2 Å². The molecule has 0 aliphatic carbocycles. The Balaban J connectivity index is 2.45. The van der Waals surface area contributed by atoms with E-state index in [0.717, 1.165) is 36.3 Å². The molecule has 0 radical (unpaired) electrons. The standard InChI is InChI=1S/C13H16Cl2N4/c1-2-3-6-19-13(12(8-16)17-18-19)9-4-5-10(14)11(15)7-9/h4-5,7H,2-3,6,8,16H2,1H3. The maximum atomic E-state index is 6.07. The van der Waals surface area contributed by atoms with Crippen molar-refractivity contribution in [1.82, 2.24) is 15.0 Å². The van der Waals surface area contributed by atoms with Gasteiger partial charge in [0.05, 0.1) is 15.7 Å². The molecule has 1 aromatic carbocycles. The number of unbranched alkanes of at least 4 members (excludes halogenated alkanes) is 1. The number of hydrogen-bond donors (Lipinski definition) is 1. The predicted molar refractivity (Wildman–Crippen MR) is 78.3 cm³/mol. The summed E-state index contributed by atoms with van der Waals surface area (Å²) in [5, 5.41) is 9.34. The van der Waals surface area contributed by atoms with Gasteiger partial charge in [-0.1, -0.05) is 47.8 Å². The maximum absolute atomic E-state index is 6.07. The highest BCUT2D eigenvalue weighted by Crippen LogP contribution is 2.29. The number of halogens is 2. The van der Waals surface area contributed by atoms with Crippen LogP contribution >= 0.6 is 23.2 Å². The molecule has 102 valence electrons. The Bertz CT molecular complexity index is 566. The van der Waals surface area contributed by atoms with Crippen molar-refractivity contribution in [2.24, 2.45) is 5.73 Å². The Kier molecular flexibility index (Phi) is 4.80. The molecule has 4 nitrogen and oxygen atoms in total. The zero-order chi connectivity index (χ0) is 13.8. The fraction of sp³-hybridized carbons (Fsp3) is 0.385. The van der Waals surface area contributed by atoms with Gasteiger partial charge in [0.1, 0.15) is 5.69 Å². The van der Waals surface area contributed by atoms with Gasteiger partial charge < -0.3 is 5.73 Å². The van der Waals surface area contributed by atoms with Gasteiger partial charge in [0.2, 0.25) is 0 Å². The van der Waals surface area contributed by atoms with Crippen molar-refractivity contribution in [2.45, 2.75) is 32.9 Å². The van der Waals surface area contributed by atoms with Gasteiger partial charge in [0.25, 0.3) is 0 Å². The fourth-order valence-corrected chi connectivity index (χ4v) is 2.21. The Morgan fingerprint density at radius 3 is 2.68 bits per heavy atom. The zero-order valence-corrected chi connectivity index (χ0v) is 12.2. The monoisotopic (exact) mass is 298 g/mol. The molecule has 0 aliphatic heterocycles. The summed E-state index contributed by atoms with van der Waals surface area (Å²) in [6, 6.07) is 5.51. The van der Waals surface area contributed by atoms with Gasteiger partial charge >= 0.3 is 0 Å². The second-order valence-electron chi connectivity index (χ2n) is 4.29. The lowest BCUT2D eigenvalue weighted by Crippen LogP contribution is -2.04. The summed E-state index contributed by atoms with van der Waals surface area (Å²) in [5.74, 6) is 0. The summed E-state index contributed by atoms with van der Waals surface area (Å²) in [5.41, 5.74) is 8.36. The Labute approximate surface area is 122 Å². The molecular formula is C13H16Cl2N4. The van der Waals surface area contributed by atoms with Gasteiger partial charge in [-0.05, 0) is 18.6 Å². The summed E-state index contributed by atoms with van der Waals surface area (Å²) in [4.78, 5) is 0. The third kappa shape index (κ3) is 3.08. The van der Waals surface area contributed by atoms with Gasteiger partial charge in [-0.2, -0.15) is 0 Å². The van der Waals surface area contributed by atoms with Crippen LogP contribution < -0.4 is 5.73 Å². The van der Waals surface area contributed by atoms with Crippen LogP contribution in [0.15, 0.2) is 18.2 Å². The number of hydrogen-bond acceptors (Lipinski definition) is 3. The van der Waals surface area contributed by atoms with E-state index < -0.39 is 0 Å². The van der Waals surface area contributed by atoms with Crippen molar-refractivity contribution < 1.29 is 0 Å². The highest BCUT2D eigenvalue weighted by atomic mass is 35.5. The van der Waals surface area contributed by atoms with Crippen molar-refractivity contribution in [3.05, 3.63) is 33.9 Å². The second kappa shape index (κ2) is 6.37. The fourth-order valence-electron chi connectivity index (χ4n) is 1.91. The number of benzene rings is 1. The molecule has 0 saturated heterocycles. The third-order valence-electron chi connectivity index (χ3n) is 2.91. The molecule has 0 bridgehead atoms. The molecule has 0 amide bonds. The molecule has 1 heterocycles. The first-order valence-electron chi connectivity index (χ1n) is 6.25. The van der Waals surface area contributed by atoms with E-state index >= 15 is 0 Å². The van der Waals surface area contributed by atoms with Crippen molar-refractivity contribution in [1.29, 1.82) is 0 Å². The molecule has 2 aromatic rings. The third-order valence-corrected chi connectivity index (χ3v) is 3.65. The first-order chi connectivity index (χ1) is 9.17. The highest BCUT2D eigenvalue weighted by molar-refractivity contribution is 6.42. The quantitative estimate of drug-likeness (QED) is 0.919. The number of nitrogens with two attached hydrogens (primary N) is 1. The largest absolute Gasteiger partial charge is 0.325 e. The summed E-state index contributed by atoms with van der Waals surface area (Å²) in [6.07, 6.45) is 2.14. The molecule has 0 aliphatic rings. The summed E-state index contributed by atoms with van der Waals surface area (Å²) >= 11 is 12.0. The van der Waals surface area contributed by atoms with Crippen LogP contribution in [0.1, 0.15) is 25.5 Å². The normalized spacial score (nSPS) is 10.9. The van der Waals surface area contributed by atoms with Gasteiger partial charge in [0.15, 0.2) is 0 Å². The van der Waals surface area contributed by atoms with Crippen LogP contribution in [0.3, 0.4) is 0 Å². The van der Waals surface area contributed by atoms with E-state index in [1.54, 1.807) is 6.07 Å². The van der Waals surface area contributed by atoms with Gasteiger partial charge in [-0.3, -0.25) is 0 Å². The van der Waals surface area contributed by atoms with E-state index in [2.05, 4.69) is 17.2 Å². The molecule has 0 unspecified atom stereocenters. The molecule has 0 saturated carbocycles. The van der Waals surface area contributed by atoms with E-state index in [9.17, 15) is 0 Å². The second-order valence-corrected chi connectivity index (χ2v) is 5.11. The van der Waals surface area contributed by atoms with E-state index in [4.69, 9.17) is 28.9 Å². The minimum atomic E-state index is 0.349. The first kappa shape index (κ1) is 14.3. The van der Waals surface area contributed by atoms with Crippen LogP contribution in [0.2, 0.25) is 10.0 Å². The van der Waals surface area contributed by atoms with Gasteiger partial charge in [-0.15, -0.1) is 5.10 Å². The van der Waals surface area contributed by atoms with Crippen molar-refractivity contribution in [2.75, 3.05) is 0 Å². The molecule has 0 spiro atoms. The van der Waals surface area contributed by atoms with Crippen LogP contribution in [0.4, 0.5) is 0 Å². The topological polar surface area (TPSA) is 56.7 Å². The van der Waals surface area contributed by atoms with Gasteiger partial charge in [0, 0.05) is 18.7 Å². The molecule has 2 rings (SSSR count). The van der Waals surface area contributed by atoms with E-state index in [-0.39, 0.29) is 0 Å². The zero-order valence-electron chi connectivity index (χ0n) is 10.7. The van der Waals surface area contributed by atoms with E-state index in [1.165, 1.54) is 0 Å². The van der Waals surface area contributed by atoms with Crippen LogP contribution in [0, 0.1) is 0 Å². The molecular weight excluding hydrogens is 283 g/mol. The maximum Gasteiger partial charge on any atom is 0.104 e. The van der Waals surface area contributed by atoms with Gasteiger partial charge in [-0.25, -0.2) is 4.68 Å². The van der Waals surface area contributed by atoms with Crippen LogP contribution in [-0.4, -0.2) is 15.0 Å². The summed E-state index contributed by atoms with van der Waals surface area (Å²) < 4.78 is 1.88. The molecule has 2 N–H and O–H groups in total. The molecule has 1 aromatic heterocycles. The predicted octanol–water partition coefficient (Wildman–Crippen LogP) is 3.51. The minimum absolute atomic E-state index is 0.349. The smallest absolute Gasteiger partial charge is 0.104 e. The summed E-state index contributed by atoms with van der Waals surface area (Å²) in [7, 11) is 0. The molecule has 6 heteroatoms. The number of aromatic nitrogens is 3. The van der Waals surface area contributed by atoms with Crippen molar-refractivity contribution in [3.63, 3.8) is 0 Å². The Morgan fingerprint density at radius 2 is 2.05 bits per heavy atom.